The molecule has 0 bridgehead atoms. The van der Waals surface area contributed by atoms with Crippen molar-refractivity contribution in [3.63, 3.8) is 0 Å². The van der Waals surface area contributed by atoms with Crippen LogP contribution < -0.4 is 5.32 Å². The number of aromatic amines is 1. The number of carbonyl (C=O) groups is 2. The Bertz CT molecular complexity index is 831. The number of non-ortho nitro benzene ring substituents is 1. The van der Waals surface area contributed by atoms with Crippen LogP contribution in [0.25, 0.3) is 10.9 Å². The molecule has 0 saturated carbocycles. The van der Waals surface area contributed by atoms with E-state index in [4.69, 9.17) is 5.11 Å². The molecule has 3 N–H and O–H groups in total. The zero-order valence-corrected chi connectivity index (χ0v) is 12.5. The Morgan fingerprint density at radius 3 is 2.60 bits per heavy atom. The Balaban J connectivity index is 2.17. The van der Waals surface area contributed by atoms with E-state index < -0.39 is 41.9 Å². The maximum atomic E-state index is 12.3. The molecule has 0 aliphatic heterocycles. The number of nitrogens with zero attached hydrogens (tertiary/aromatic N) is 1. The van der Waals surface area contributed by atoms with Crippen LogP contribution in [0.2, 0.25) is 0 Å². The van der Waals surface area contributed by atoms with E-state index in [1.54, 1.807) is 0 Å². The number of carbonyl (C=O) groups excluding carboxylic acids is 1. The van der Waals surface area contributed by atoms with Crippen molar-refractivity contribution in [2.45, 2.75) is 25.1 Å². The summed E-state index contributed by atoms with van der Waals surface area (Å²) in [5, 5.41) is 21.7. The lowest BCUT2D eigenvalue weighted by Crippen LogP contribution is -2.44. The van der Waals surface area contributed by atoms with Gasteiger partial charge in [-0.15, -0.1) is 0 Å². The summed E-state index contributed by atoms with van der Waals surface area (Å²) in [7, 11) is 0. The standard InChI is InChI=1S/C14H12F3N3O5/c15-14(16,17)5-11(13(22)23)19-12(21)3-7-6-18-10-2-1-8(20(24)25)4-9(7)10/h1-2,4,6,11,18H,3,5H2,(H,19,21)(H,22,23). The van der Waals surface area contributed by atoms with E-state index in [9.17, 15) is 32.9 Å². The highest BCUT2D eigenvalue weighted by atomic mass is 19.4. The molecule has 0 aliphatic rings. The summed E-state index contributed by atoms with van der Waals surface area (Å²) in [5.41, 5.74) is 0.583. The normalized spacial score (nSPS) is 12.8. The molecule has 25 heavy (non-hydrogen) atoms. The average molecular weight is 359 g/mol. The monoisotopic (exact) mass is 359 g/mol. The van der Waals surface area contributed by atoms with Crippen molar-refractivity contribution < 1.29 is 32.8 Å². The van der Waals surface area contributed by atoms with Crippen molar-refractivity contribution in [1.29, 1.82) is 0 Å². The van der Waals surface area contributed by atoms with Crippen LogP contribution in [0.5, 0.6) is 0 Å². The molecule has 8 nitrogen and oxygen atoms in total. The number of H-pyrrole nitrogens is 1. The third kappa shape index (κ3) is 4.68. The zero-order valence-electron chi connectivity index (χ0n) is 12.5. The number of carboxylic acid groups (broad SMARTS) is 1. The molecule has 2 aromatic rings. The molecule has 1 amide bonds. The van der Waals surface area contributed by atoms with Crippen LogP contribution in [0.1, 0.15) is 12.0 Å². The molecule has 0 fully saturated rings. The number of carboxylic acids is 1. The number of hydrogen-bond acceptors (Lipinski definition) is 4. The predicted molar refractivity (Wildman–Crippen MR) is 78.9 cm³/mol. The minimum absolute atomic E-state index is 0.214. The first-order chi connectivity index (χ1) is 11.6. The molecule has 0 spiro atoms. The Kier molecular flexibility index (Phi) is 4.95. The lowest BCUT2D eigenvalue weighted by Gasteiger charge is -2.16. The predicted octanol–water partition coefficient (Wildman–Crippen LogP) is 2.14. The van der Waals surface area contributed by atoms with Gasteiger partial charge in [-0.25, -0.2) is 4.79 Å². The molecule has 1 atom stereocenters. The molecule has 1 aromatic carbocycles. The van der Waals surface area contributed by atoms with E-state index in [-0.39, 0.29) is 5.69 Å². The van der Waals surface area contributed by atoms with Gasteiger partial charge in [-0.05, 0) is 11.6 Å². The van der Waals surface area contributed by atoms with E-state index in [1.807, 2.05) is 5.32 Å². The summed E-state index contributed by atoms with van der Waals surface area (Å²) in [5.74, 6) is -2.75. The van der Waals surface area contributed by atoms with Crippen LogP contribution in [0, 0.1) is 10.1 Å². The van der Waals surface area contributed by atoms with Gasteiger partial charge < -0.3 is 15.4 Å². The third-order valence-electron chi connectivity index (χ3n) is 3.38. The number of hydrogen-bond donors (Lipinski definition) is 3. The molecule has 1 heterocycles. The summed E-state index contributed by atoms with van der Waals surface area (Å²) in [4.78, 5) is 35.7. The average Bonchev–Trinajstić information content (AvgIpc) is 2.87. The smallest absolute Gasteiger partial charge is 0.391 e. The van der Waals surface area contributed by atoms with Crippen molar-refractivity contribution in [2.24, 2.45) is 0 Å². The molecule has 0 radical (unpaired) electrons. The summed E-state index contributed by atoms with van der Waals surface area (Å²) in [6, 6.07) is 1.80. The van der Waals surface area contributed by atoms with Crippen LogP contribution in [-0.2, 0) is 16.0 Å². The highest BCUT2D eigenvalue weighted by Crippen LogP contribution is 2.24. The fraction of sp³-hybridized carbons (Fsp3) is 0.286. The van der Waals surface area contributed by atoms with Crippen LogP contribution in [-0.4, -0.2) is 39.1 Å². The van der Waals surface area contributed by atoms with Crippen molar-refractivity contribution >= 4 is 28.5 Å². The largest absolute Gasteiger partial charge is 0.480 e. The zero-order chi connectivity index (χ0) is 18.8. The lowest BCUT2D eigenvalue weighted by molar-refractivity contribution is -0.384. The fourth-order valence-electron chi connectivity index (χ4n) is 2.28. The maximum Gasteiger partial charge on any atom is 0.391 e. The van der Waals surface area contributed by atoms with Gasteiger partial charge in [-0.2, -0.15) is 13.2 Å². The van der Waals surface area contributed by atoms with Gasteiger partial charge in [0.1, 0.15) is 6.04 Å². The van der Waals surface area contributed by atoms with Gasteiger partial charge in [0.25, 0.3) is 5.69 Å². The molecule has 134 valence electrons. The van der Waals surface area contributed by atoms with Crippen LogP contribution in [0.3, 0.4) is 0 Å². The highest BCUT2D eigenvalue weighted by Gasteiger charge is 2.36. The van der Waals surface area contributed by atoms with Crippen molar-refractivity contribution in [3.05, 3.63) is 40.1 Å². The quantitative estimate of drug-likeness (QED) is 0.538. The number of benzene rings is 1. The van der Waals surface area contributed by atoms with Gasteiger partial charge in [0.2, 0.25) is 5.91 Å². The first-order valence-corrected chi connectivity index (χ1v) is 6.90. The minimum atomic E-state index is -4.75. The second kappa shape index (κ2) is 6.79. The molecule has 2 rings (SSSR count). The lowest BCUT2D eigenvalue weighted by atomic mass is 10.1. The van der Waals surface area contributed by atoms with Gasteiger partial charge in [0, 0.05) is 29.2 Å². The molecule has 1 unspecified atom stereocenters. The van der Waals surface area contributed by atoms with E-state index in [0.29, 0.717) is 16.5 Å². The summed E-state index contributed by atoms with van der Waals surface area (Å²) < 4.78 is 37.0. The van der Waals surface area contributed by atoms with Gasteiger partial charge in [-0.3, -0.25) is 14.9 Å². The second-order valence-corrected chi connectivity index (χ2v) is 5.26. The van der Waals surface area contributed by atoms with Gasteiger partial charge in [0.15, 0.2) is 0 Å². The Morgan fingerprint density at radius 2 is 2.04 bits per heavy atom. The van der Waals surface area contributed by atoms with Crippen molar-refractivity contribution in [3.8, 4) is 0 Å². The van der Waals surface area contributed by atoms with E-state index in [0.717, 1.165) is 0 Å². The first-order valence-electron chi connectivity index (χ1n) is 6.90. The Morgan fingerprint density at radius 1 is 1.36 bits per heavy atom. The number of nitro benzene ring substituents is 1. The van der Waals surface area contributed by atoms with Crippen LogP contribution in [0.4, 0.5) is 18.9 Å². The SMILES string of the molecule is O=C(Cc1c[nH]c2ccc([N+](=O)[O-])cc12)NC(CC(F)(F)F)C(=O)O. The number of nitrogens with one attached hydrogen (secondary N) is 2. The highest BCUT2D eigenvalue weighted by molar-refractivity contribution is 5.91. The number of alkyl halides is 3. The molecular weight excluding hydrogens is 347 g/mol. The van der Waals surface area contributed by atoms with Crippen LogP contribution in [0.15, 0.2) is 24.4 Å². The minimum Gasteiger partial charge on any atom is -0.480 e. The maximum absolute atomic E-state index is 12.3. The summed E-state index contributed by atoms with van der Waals surface area (Å²) in [6.45, 7) is 0. The van der Waals surface area contributed by atoms with Gasteiger partial charge >= 0.3 is 12.1 Å². The van der Waals surface area contributed by atoms with Crippen molar-refractivity contribution in [1.82, 2.24) is 10.3 Å². The van der Waals surface area contributed by atoms with E-state index >= 15 is 0 Å². The summed E-state index contributed by atoms with van der Waals surface area (Å²) >= 11 is 0. The molecule has 11 heteroatoms. The second-order valence-electron chi connectivity index (χ2n) is 5.26. The number of aliphatic carboxylic acids is 1. The third-order valence-corrected chi connectivity index (χ3v) is 3.38. The molecule has 0 saturated heterocycles. The first kappa shape index (κ1) is 18.2. The topological polar surface area (TPSA) is 125 Å². The number of halogens is 3. The Hall–Kier alpha value is -3.11. The molecular formula is C14H12F3N3O5. The number of aromatic nitrogens is 1. The van der Waals surface area contributed by atoms with Gasteiger partial charge in [-0.1, -0.05) is 0 Å². The molecule has 1 aromatic heterocycles. The Labute approximate surface area is 137 Å². The van der Waals surface area contributed by atoms with Gasteiger partial charge in [0.05, 0.1) is 17.8 Å². The number of amides is 1. The molecule has 0 aliphatic carbocycles. The number of nitro groups is 1. The number of rotatable bonds is 6. The van der Waals surface area contributed by atoms with Crippen molar-refractivity contribution in [2.75, 3.05) is 0 Å². The summed E-state index contributed by atoms with van der Waals surface area (Å²) in [6.07, 6.45) is -5.50. The fourth-order valence-corrected chi connectivity index (χ4v) is 2.28. The van der Waals surface area contributed by atoms with E-state index in [2.05, 4.69) is 4.98 Å². The van der Waals surface area contributed by atoms with E-state index in [1.165, 1.54) is 24.4 Å². The number of fused-ring (bicyclic) bond motifs is 1. The van der Waals surface area contributed by atoms with Crippen LogP contribution >= 0.6 is 0 Å².